The van der Waals surface area contributed by atoms with Crippen molar-refractivity contribution in [3.05, 3.63) is 77.3 Å². The lowest BCUT2D eigenvalue weighted by atomic mass is 10.2. The number of amides is 1. The predicted octanol–water partition coefficient (Wildman–Crippen LogP) is 5.08. The number of carbonyl (C=O) groups excluding carboxylic acids is 1. The first-order valence-electron chi connectivity index (χ1n) is 9.74. The molecule has 168 valence electrons. The number of hydrogen-bond donors (Lipinski definition) is 2. The zero-order valence-electron chi connectivity index (χ0n) is 17.8. The molecule has 3 aromatic carbocycles. The van der Waals surface area contributed by atoms with Crippen molar-refractivity contribution < 1.29 is 22.7 Å². The van der Waals surface area contributed by atoms with Crippen LogP contribution in [-0.4, -0.2) is 27.5 Å². The largest absolute Gasteiger partial charge is 0.495 e. The van der Waals surface area contributed by atoms with Gasteiger partial charge in [0.25, 0.3) is 5.91 Å². The van der Waals surface area contributed by atoms with E-state index >= 15 is 0 Å². The molecule has 0 saturated heterocycles. The third kappa shape index (κ3) is 5.79. The molecule has 0 aliphatic heterocycles. The molecule has 0 atom stereocenters. The summed E-state index contributed by atoms with van der Waals surface area (Å²) in [5.41, 5.74) is 0.465. The zero-order chi connectivity index (χ0) is 23.3. The molecule has 32 heavy (non-hydrogen) atoms. The molecule has 0 spiro atoms. The molecule has 0 heterocycles. The average Bonchev–Trinajstić information content (AvgIpc) is 2.75. The molecule has 0 fully saturated rings. The first-order valence-corrected chi connectivity index (χ1v) is 11.6. The van der Waals surface area contributed by atoms with Crippen LogP contribution in [0.4, 0.5) is 5.69 Å². The Balaban J connectivity index is 1.92. The number of carbonyl (C=O) groups is 1. The minimum atomic E-state index is -3.89. The van der Waals surface area contributed by atoms with Crippen LogP contribution in [0.1, 0.15) is 24.2 Å². The summed E-state index contributed by atoms with van der Waals surface area (Å²) in [5, 5.41) is 3.14. The first kappa shape index (κ1) is 23.6. The Morgan fingerprint density at radius 3 is 2.31 bits per heavy atom. The fraction of sp³-hybridized carbons (Fsp3) is 0.174. The van der Waals surface area contributed by atoms with E-state index in [2.05, 4.69) is 10.0 Å². The van der Waals surface area contributed by atoms with Crippen molar-refractivity contribution in [3.8, 4) is 17.2 Å². The van der Waals surface area contributed by atoms with Crippen molar-refractivity contribution in [2.75, 3.05) is 12.4 Å². The summed E-state index contributed by atoms with van der Waals surface area (Å²) in [6.07, 6.45) is 0. The van der Waals surface area contributed by atoms with Gasteiger partial charge >= 0.3 is 0 Å². The number of sulfonamides is 1. The maximum atomic E-state index is 13.0. The number of rotatable bonds is 8. The highest BCUT2D eigenvalue weighted by Crippen LogP contribution is 2.33. The van der Waals surface area contributed by atoms with E-state index in [0.29, 0.717) is 22.2 Å². The number of para-hydroxylation sites is 1. The molecule has 0 aliphatic rings. The smallest absolute Gasteiger partial charge is 0.255 e. The Bertz CT molecular complexity index is 1210. The van der Waals surface area contributed by atoms with E-state index in [4.69, 9.17) is 21.1 Å². The summed E-state index contributed by atoms with van der Waals surface area (Å²) in [6, 6.07) is 17.8. The third-order valence-electron chi connectivity index (χ3n) is 4.27. The second kappa shape index (κ2) is 10.0. The summed E-state index contributed by atoms with van der Waals surface area (Å²) in [6.45, 7) is 3.40. The molecule has 0 unspecified atom stereocenters. The highest BCUT2D eigenvalue weighted by molar-refractivity contribution is 7.89. The molecule has 3 rings (SSSR count). The van der Waals surface area contributed by atoms with Crippen molar-refractivity contribution >= 4 is 33.2 Å². The van der Waals surface area contributed by atoms with Gasteiger partial charge in [-0.3, -0.25) is 4.79 Å². The first-order chi connectivity index (χ1) is 15.2. The monoisotopic (exact) mass is 474 g/mol. The molecule has 0 bridgehead atoms. The van der Waals surface area contributed by atoms with Crippen molar-refractivity contribution in [1.82, 2.24) is 4.72 Å². The summed E-state index contributed by atoms with van der Waals surface area (Å²) in [7, 11) is -2.52. The fourth-order valence-electron chi connectivity index (χ4n) is 2.90. The van der Waals surface area contributed by atoms with Crippen LogP contribution in [0.2, 0.25) is 5.02 Å². The second-order valence-electron chi connectivity index (χ2n) is 7.15. The van der Waals surface area contributed by atoms with Crippen LogP contribution in [0.3, 0.4) is 0 Å². The van der Waals surface area contributed by atoms with Gasteiger partial charge in [-0.05, 0) is 62.4 Å². The molecule has 9 heteroatoms. The van der Waals surface area contributed by atoms with Gasteiger partial charge < -0.3 is 14.8 Å². The molecular formula is C23H23ClN2O5S. The van der Waals surface area contributed by atoms with Crippen LogP contribution in [0, 0.1) is 0 Å². The Labute approximate surface area is 192 Å². The van der Waals surface area contributed by atoms with E-state index in [1.54, 1.807) is 44.2 Å². The number of benzene rings is 3. The van der Waals surface area contributed by atoms with Crippen LogP contribution in [-0.2, 0) is 10.0 Å². The minimum absolute atomic E-state index is 0.126. The van der Waals surface area contributed by atoms with Crippen LogP contribution < -0.4 is 19.5 Å². The van der Waals surface area contributed by atoms with Gasteiger partial charge in [-0.25, -0.2) is 13.1 Å². The molecule has 1 amide bonds. The van der Waals surface area contributed by atoms with Gasteiger partial charge in [-0.1, -0.05) is 29.8 Å². The van der Waals surface area contributed by atoms with Gasteiger partial charge in [-0.2, -0.15) is 0 Å². The van der Waals surface area contributed by atoms with Crippen molar-refractivity contribution in [2.24, 2.45) is 0 Å². The maximum absolute atomic E-state index is 13.0. The number of halogens is 1. The van der Waals surface area contributed by atoms with Crippen LogP contribution >= 0.6 is 11.6 Å². The number of hydrogen-bond acceptors (Lipinski definition) is 5. The Hall–Kier alpha value is -3.07. The van der Waals surface area contributed by atoms with Gasteiger partial charge in [0.05, 0.1) is 12.8 Å². The van der Waals surface area contributed by atoms with Gasteiger partial charge in [0, 0.05) is 16.6 Å². The SMILES string of the molecule is COc1ccc(C(=O)Nc2cc(Cl)ccc2Oc2ccccc2)cc1S(=O)(=O)NC(C)C. The van der Waals surface area contributed by atoms with E-state index in [-0.39, 0.29) is 22.3 Å². The van der Waals surface area contributed by atoms with E-state index in [9.17, 15) is 13.2 Å². The van der Waals surface area contributed by atoms with Gasteiger partial charge in [0.2, 0.25) is 10.0 Å². The molecule has 0 aromatic heterocycles. The number of nitrogens with one attached hydrogen (secondary N) is 2. The zero-order valence-corrected chi connectivity index (χ0v) is 19.3. The number of anilines is 1. The van der Waals surface area contributed by atoms with Gasteiger partial charge in [0.15, 0.2) is 5.75 Å². The van der Waals surface area contributed by atoms with Crippen molar-refractivity contribution in [1.29, 1.82) is 0 Å². The number of ether oxygens (including phenoxy) is 2. The standard InChI is InChI=1S/C23H23ClN2O5S/c1-15(2)26-32(28,29)22-13-16(9-11-21(22)30-3)23(27)25-19-14-17(24)10-12-20(19)31-18-7-5-4-6-8-18/h4-15,26H,1-3H3,(H,25,27). The quantitative estimate of drug-likeness (QED) is 0.474. The molecule has 0 radical (unpaired) electrons. The Morgan fingerprint density at radius 1 is 0.969 bits per heavy atom. The van der Waals surface area contributed by atoms with E-state index in [0.717, 1.165) is 0 Å². The van der Waals surface area contributed by atoms with E-state index in [1.165, 1.54) is 25.3 Å². The van der Waals surface area contributed by atoms with Crippen molar-refractivity contribution in [3.63, 3.8) is 0 Å². The maximum Gasteiger partial charge on any atom is 0.255 e. The van der Waals surface area contributed by atoms with E-state index < -0.39 is 15.9 Å². The van der Waals surface area contributed by atoms with E-state index in [1.807, 2.05) is 18.2 Å². The topological polar surface area (TPSA) is 93.7 Å². The van der Waals surface area contributed by atoms with Crippen LogP contribution in [0.25, 0.3) is 0 Å². The lowest BCUT2D eigenvalue weighted by Crippen LogP contribution is -2.30. The number of methoxy groups -OCH3 is 1. The lowest BCUT2D eigenvalue weighted by molar-refractivity contribution is 0.102. The van der Waals surface area contributed by atoms with Gasteiger partial charge in [-0.15, -0.1) is 0 Å². The molecule has 0 aliphatic carbocycles. The predicted molar refractivity (Wildman–Crippen MR) is 124 cm³/mol. The summed E-state index contributed by atoms with van der Waals surface area (Å²) in [4.78, 5) is 12.8. The summed E-state index contributed by atoms with van der Waals surface area (Å²) in [5.74, 6) is 0.569. The average molecular weight is 475 g/mol. The Kier molecular flexibility index (Phi) is 7.40. The summed E-state index contributed by atoms with van der Waals surface area (Å²) < 4.78 is 38.9. The normalized spacial score (nSPS) is 11.3. The van der Waals surface area contributed by atoms with Crippen molar-refractivity contribution in [2.45, 2.75) is 24.8 Å². The highest BCUT2D eigenvalue weighted by atomic mass is 35.5. The third-order valence-corrected chi connectivity index (χ3v) is 6.18. The molecule has 3 aromatic rings. The Morgan fingerprint density at radius 2 is 1.66 bits per heavy atom. The van der Waals surface area contributed by atoms with Crippen LogP contribution in [0.15, 0.2) is 71.6 Å². The van der Waals surface area contributed by atoms with Gasteiger partial charge in [0.1, 0.15) is 16.4 Å². The molecular weight excluding hydrogens is 452 g/mol. The molecule has 7 nitrogen and oxygen atoms in total. The van der Waals surface area contributed by atoms with Crippen LogP contribution in [0.5, 0.6) is 17.2 Å². The second-order valence-corrected chi connectivity index (χ2v) is 9.27. The lowest BCUT2D eigenvalue weighted by Gasteiger charge is -2.15. The molecule has 2 N–H and O–H groups in total. The fourth-order valence-corrected chi connectivity index (χ4v) is 4.52. The summed E-state index contributed by atoms with van der Waals surface area (Å²) >= 11 is 6.11. The minimum Gasteiger partial charge on any atom is -0.495 e. The highest BCUT2D eigenvalue weighted by Gasteiger charge is 2.23. The molecule has 0 saturated carbocycles.